The molecule has 0 aromatic heterocycles. The Labute approximate surface area is 135 Å². The van der Waals surface area contributed by atoms with E-state index in [2.05, 4.69) is 34.5 Å². The van der Waals surface area contributed by atoms with Crippen LogP contribution in [0.5, 0.6) is 0 Å². The van der Waals surface area contributed by atoms with Crippen molar-refractivity contribution in [2.75, 3.05) is 24.7 Å². The van der Waals surface area contributed by atoms with Gasteiger partial charge in [-0.15, -0.1) is 11.8 Å². The lowest BCUT2D eigenvalue weighted by Crippen LogP contribution is -2.37. The predicted molar refractivity (Wildman–Crippen MR) is 92.3 cm³/mol. The van der Waals surface area contributed by atoms with Crippen molar-refractivity contribution in [1.29, 1.82) is 0 Å². The normalized spacial score (nSPS) is 14.4. The lowest BCUT2D eigenvalue weighted by molar-refractivity contribution is -0.117. The SMILES string of the molecule is CSc1ccccc1NC(=O)CN1CCc2ccccc2C1. The quantitative estimate of drug-likeness (QED) is 0.878. The molecule has 0 saturated heterocycles. The zero-order chi connectivity index (χ0) is 15.4. The van der Waals surface area contributed by atoms with E-state index in [1.54, 1.807) is 11.8 Å². The van der Waals surface area contributed by atoms with Crippen LogP contribution in [0.3, 0.4) is 0 Å². The summed E-state index contributed by atoms with van der Waals surface area (Å²) in [6.45, 7) is 2.24. The van der Waals surface area contributed by atoms with Gasteiger partial charge in [0.25, 0.3) is 0 Å². The Morgan fingerprint density at radius 2 is 1.86 bits per heavy atom. The second kappa shape index (κ2) is 6.99. The summed E-state index contributed by atoms with van der Waals surface area (Å²) >= 11 is 1.65. The Morgan fingerprint density at radius 1 is 1.14 bits per heavy atom. The highest BCUT2D eigenvalue weighted by atomic mass is 32.2. The van der Waals surface area contributed by atoms with Crippen molar-refractivity contribution < 1.29 is 4.79 Å². The maximum absolute atomic E-state index is 12.3. The van der Waals surface area contributed by atoms with E-state index in [4.69, 9.17) is 0 Å². The molecule has 0 saturated carbocycles. The number of benzene rings is 2. The smallest absolute Gasteiger partial charge is 0.238 e. The van der Waals surface area contributed by atoms with Crippen molar-refractivity contribution in [1.82, 2.24) is 4.90 Å². The Balaban J connectivity index is 1.61. The molecule has 1 heterocycles. The highest BCUT2D eigenvalue weighted by Crippen LogP contribution is 2.24. The summed E-state index contributed by atoms with van der Waals surface area (Å²) in [6, 6.07) is 16.4. The van der Waals surface area contributed by atoms with Crippen molar-refractivity contribution in [3.63, 3.8) is 0 Å². The van der Waals surface area contributed by atoms with Gasteiger partial charge in [0.1, 0.15) is 0 Å². The minimum Gasteiger partial charge on any atom is -0.324 e. The number of rotatable bonds is 4. The van der Waals surface area contributed by atoms with Crippen LogP contribution in [0, 0.1) is 0 Å². The van der Waals surface area contributed by atoms with E-state index < -0.39 is 0 Å². The molecule has 22 heavy (non-hydrogen) atoms. The van der Waals surface area contributed by atoms with Crippen LogP contribution >= 0.6 is 11.8 Å². The third-order valence-electron chi connectivity index (χ3n) is 3.96. The summed E-state index contributed by atoms with van der Waals surface area (Å²) in [5, 5.41) is 3.03. The molecule has 0 fully saturated rings. The van der Waals surface area contributed by atoms with Gasteiger partial charge >= 0.3 is 0 Å². The van der Waals surface area contributed by atoms with Gasteiger partial charge in [-0.05, 0) is 35.9 Å². The predicted octanol–water partition coefficient (Wildman–Crippen LogP) is 3.41. The molecule has 1 N–H and O–H groups in total. The van der Waals surface area contributed by atoms with Gasteiger partial charge in [-0.25, -0.2) is 0 Å². The number of para-hydroxylation sites is 1. The molecule has 1 amide bonds. The standard InChI is InChI=1S/C18H20N2OS/c1-22-17-9-5-4-8-16(17)19-18(21)13-20-11-10-14-6-2-3-7-15(14)12-20/h2-9H,10-13H2,1H3,(H,19,21). The highest BCUT2D eigenvalue weighted by molar-refractivity contribution is 7.98. The van der Waals surface area contributed by atoms with Crippen molar-refractivity contribution in [2.45, 2.75) is 17.9 Å². The van der Waals surface area contributed by atoms with Crippen LogP contribution in [0.25, 0.3) is 0 Å². The van der Waals surface area contributed by atoms with Gasteiger partial charge in [0, 0.05) is 18.0 Å². The Hall–Kier alpha value is -1.78. The Kier molecular flexibility index (Phi) is 4.80. The zero-order valence-corrected chi connectivity index (χ0v) is 13.5. The van der Waals surface area contributed by atoms with E-state index in [0.717, 1.165) is 30.1 Å². The first-order valence-electron chi connectivity index (χ1n) is 7.48. The molecule has 1 aliphatic heterocycles. The monoisotopic (exact) mass is 312 g/mol. The number of nitrogens with one attached hydrogen (secondary N) is 1. The molecule has 0 bridgehead atoms. The van der Waals surface area contributed by atoms with Crippen LogP contribution in [0.15, 0.2) is 53.4 Å². The summed E-state index contributed by atoms with van der Waals surface area (Å²) in [5.41, 5.74) is 3.65. The number of carbonyl (C=O) groups excluding carboxylic acids is 1. The molecule has 0 aliphatic carbocycles. The molecule has 2 aromatic rings. The van der Waals surface area contributed by atoms with Crippen LogP contribution in [0.2, 0.25) is 0 Å². The molecule has 1 aliphatic rings. The summed E-state index contributed by atoms with van der Waals surface area (Å²) in [6.07, 6.45) is 3.04. The van der Waals surface area contributed by atoms with E-state index in [1.807, 2.05) is 30.5 Å². The lowest BCUT2D eigenvalue weighted by Gasteiger charge is -2.28. The van der Waals surface area contributed by atoms with Crippen molar-refractivity contribution >= 4 is 23.4 Å². The number of hydrogen-bond donors (Lipinski definition) is 1. The summed E-state index contributed by atoms with van der Waals surface area (Å²) in [5.74, 6) is 0.0564. The van der Waals surface area contributed by atoms with Gasteiger partial charge in [-0.2, -0.15) is 0 Å². The average molecular weight is 312 g/mol. The minimum absolute atomic E-state index is 0.0564. The van der Waals surface area contributed by atoms with Crippen molar-refractivity contribution in [2.24, 2.45) is 0 Å². The van der Waals surface area contributed by atoms with E-state index in [9.17, 15) is 4.79 Å². The number of amides is 1. The number of anilines is 1. The largest absolute Gasteiger partial charge is 0.324 e. The Bertz CT molecular complexity index is 672. The minimum atomic E-state index is 0.0564. The molecular weight excluding hydrogens is 292 g/mol. The van der Waals surface area contributed by atoms with Gasteiger partial charge in [0.2, 0.25) is 5.91 Å². The molecule has 0 atom stereocenters. The third kappa shape index (κ3) is 3.51. The number of carbonyl (C=O) groups is 1. The topological polar surface area (TPSA) is 32.3 Å². The number of nitrogens with zero attached hydrogens (tertiary/aromatic N) is 1. The summed E-state index contributed by atoms with van der Waals surface area (Å²) in [7, 11) is 0. The van der Waals surface area contributed by atoms with Gasteiger partial charge in [0.15, 0.2) is 0 Å². The first-order valence-corrected chi connectivity index (χ1v) is 8.71. The molecule has 2 aromatic carbocycles. The molecule has 114 valence electrons. The van der Waals surface area contributed by atoms with Gasteiger partial charge in [-0.3, -0.25) is 9.69 Å². The second-order valence-electron chi connectivity index (χ2n) is 5.48. The molecule has 0 unspecified atom stereocenters. The first kappa shape index (κ1) is 15.1. The van der Waals surface area contributed by atoms with E-state index in [-0.39, 0.29) is 5.91 Å². The third-order valence-corrected chi connectivity index (χ3v) is 4.75. The maximum atomic E-state index is 12.3. The number of fused-ring (bicyclic) bond motifs is 1. The Morgan fingerprint density at radius 3 is 2.68 bits per heavy atom. The fourth-order valence-electron chi connectivity index (χ4n) is 2.83. The van der Waals surface area contributed by atoms with E-state index >= 15 is 0 Å². The fraction of sp³-hybridized carbons (Fsp3) is 0.278. The molecule has 0 radical (unpaired) electrons. The lowest BCUT2D eigenvalue weighted by atomic mass is 10.00. The van der Waals surface area contributed by atoms with Gasteiger partial charge < -0.3 is 5.32 Å². The molecule has 4 heteroatoms. The maximum Gasteiger partial charge on any atom is 0.238 e. The fourth-order valence-corrected chi connectivity index (χ4v) is 3.38. The van der Waals surface area contributed by atoms with Crippen LogP contribution in [0.4, 0.5) is 5.69 Å². The van der Waals surface area contributed by atoms with Crippen molar-refractivity contribution in [3.8, 4) is 0 Å². The van der Waals surface area contributed by atoms with Crippen molar-refractivity contribution in [3.05, 3.63) is 59.7 Å². The summed E-state index contributed by atoms with van der Waals surface area (Å²) < 4.78 is 0. The van der Waals surface area contributed by atoms with Gasteiger partial charge in [-0.1, -0.05) is 36.4 Å². The molecule has 0 spiro atoms. The molecule has 3 rings (SSSR count). The number of thioether (sulfide) groups is 1. The van der Waals surface area contributed by atoms with E-state index in [1.165, 1.54) is 11.1 Å². The highest BCUT2D eigenvalue weighted by Gasteiger charge is 2.18. The zero-order valence-electron chi connectivity index (χ0n) is 12.7. The number of hydrogen-bond acceptors (Lipinski definition) is 3. The first-order chi connectivity index (χ1) is 10.8. The average Bonchev–Trinajstić information content (AvgIpc) is 2.55. The van der Waals surface area contributed by atoms with Crippen LogP contribution in [0.1, 0.15) is 11.1 Å². The summed E-state index contributed by atoms with van der Waals surface area (Å²) in [4.78, 5) is 15.6. The van der Waals surface area contributed by atoms with Crippen LogP contribution in [-0.2, 0) is 17.8 Å². The van der Waals surface area contributed by atoms with Gasteiger partial charge in [0.05, 0.1) is 12.2 Å². The second-order valence-corrected chi connectivity index (χ2v) is 6.33. The molecule has 3 nitrogen and oxygen atoms in total. The van der Waals surface area contributed by atoms with Crippen LogP contribution < -0.4 is 5.32 Å². The molecular formula is C18H20N2OS. The van der Waals surface area contributed by atoms with E-state index in [0.29, 0.717) is 6.54 Å². The van der Waals surface area contributed by atoms with Crippen LogP contribution in [-0.4, -0.2) is 30.2 Å².